The molecule has 0 aromatic carbocycles. The van der Waals surface area contributed by atoms with Crippen LogP contribution in [0.5, 0.6) is 0 Å². The highest BCUT2D eigenvalue weighted by molar-refractivity contribution is 9.10. The van der Waals surface area contributed by atoms with Crippen molar-refractivity contribution >= 4 is 15.9 Å². The number of nitrogens with zero attached hydrogens (tertiary/aromatic N) is 2. The highest BCUT2D eigenvalue weighted by atomic mass is 79.9. The molecule has 0 fully saturated rings. The van der Waals surface area contributed by atoms with Gasteiger partial charge >= 0.3 is 6.18 Å². The number of nitrogens with one attached hydrogen (secondary N) is 1. The minimum Gasteiger partial charge on any atom is -0.370 e. The fourth-order valence-electron chi connectivity index (χ4n) is 1.84. The first-order valence-corrected chi connectivity index (χ1v) is 7.09. The summed E-state index contributed by atoms with van der Waals surface area (Å²) < 4.78 is 43.5. The summed E-state index contributed by atoms with van der Waals surface area (Å²) in [4.78, 5) is 0. The first kappa shape index (κ1) is 17.5. The van der Waals surface area contributed by atoms with Crippen LogP contribution in [0, 0.1) is 0 Å². The molecule has 1 heterocycles. The van der Waals surface area contributed by atoms with Gasteiger partial charge in [-0.25, -0.2) is 0 Å². The lowest BCUT2D eigenvalue weighted by Crippen LogP contribution is -2.34. The van der Waals surface area contributed by atoms with Gasteiger partial charge in [-0.2, -0.15) is 18.3 Å². The molecule has 8 heteroatoms. The Bertz CT molecular complexity index is 434. The maximum absolute atomic E-state index is 12.0. The zero-order valence-electron chi connectivity index (χ0n) is 11.7. The van der Waals surface area contributed by atoms with Crippen LogP contribution in [-0.4, -0.2) is 42.3 Å². The van der Waals surface area contributed by atoms with Gasteiger partial charge in [-0.1, -0.05) is 6.92 Å². The van der Waals surface area contributed by atoms with E-state index >= 15 is 0 Å². The molecule has 1 aromatic heterocycles. The molecule has 1 N–H and O–H groups in total. The van der Waals surface area contributed by atoms with Crippen LogP contribution in [0.15, 0.2) is 4.47 Å². The van der Waals surface area contributed by atoms with E-state index in [-0.39, 0.29) is 12.6 Å². The first-order chi connectivity index (χ1) is 9.28. The van der Waals surface area contributed by atoms with Gasteiger partial charge in [0.15, 0.2) is 0 Å². The molecule has 0 aliphatic heterocycles. The normalized spacial score (nSPS) is 13.8. The van der Waals surface area contributed by atoms with Crippen molar-refractivity contribution in [1.82, 2.24) is 15.1 Å². The van der Waals surface area contributed by atoms with Gasteiger partial charge in [-0.3, -0.25) is 4.68 Å². The molecule has 0 aliphatic rings. The first-order valence-electron chi connectivity index (χ1n) is 6.30. The van der Waals surface area contributed by atoms with E-state index in [1.54, 1.807) is 11.7 Å². The number of ether oxygens (including phenoxy) is 1. The predicted molar refractivity (Wildman–Crippen MR) is 73.7 cm³/mol. The molecular weight excluding hydrogens is 339 g/mol. The van der Waals surface area contributed by atoms with Crippen LogP contribution in [0.2, 0.25) is 0 Å². The van der Waals surface area contributed by atoms with Crippen molar-refractivity contribution in [3.63, 3.8) is 0 Å². The summed E-state index contributed by atoms with van der Waals surface area (Å²) in [5, 5.41) is 7.32. The van der Waals surface area contributed by atoms with Gasteiger partial charge in [0.05, 0.1) is 22.5 Å². The number of rotatable bonds is 7. The Kier molecular flexibility index (Phi) is 6.47. The van der Waals surface area contributed by atoms with Crippen molar-refractivity contribution in [1.29, 1.82) is 0 Å². The molecule has 1 unspecified atom stereocenters. The van der Waals surface area contributed by atoms with Crippen LogP contribution in [0.1, 0.15) is 18.3 Å². The number of likely N-dealkylation sites (N-methyl/N-ethyl adjacent to an activating group) is 1. The summed E-state index contributed by atoms with van der Waals surface area (Å²) in [7, 11) is 3.52. The van der Waals surface area contributed by atoms with Gasteiger partial charge in [0.1, 0.15) is 6.61 Å². The molecule has 20 heavy (non-hydrogen) atoms. The quantitative estimate of drug-likeness (QED) is 0.814. The zero-order chi connectivity index (χ0) is 15.3. The number of aromatic nitrogens is 2. The van der Waals surface area contributed by atoms with Crippen molar-refractivity contribution in [2.24, 2.45) is 7.05 Å². The molecule has 0 bridgehead atoms. The van der Waals surface area contributed by atoms with E-state index in [1.165, 1.54) is 0 Å². The minimum atomic E-state index is -4.29. The number of aryl methyl sites for hydroxylation is 2. The van der Waals surface area contributed by atoms with E-state index in [2.05, 4.69) is 26.3 Å². The largest absolute Gasteiger partial charge is 0.411 e. The Morgan fingerprint density at radius 2 is 2.10 bits per heavy atom. The fourth-order valence-corrected chi connectivity index (χ4v) is 2.61. The summed E-state index contributed by atoms with van der Waals surface area (Å²) in [5.74, 6) is 0. The molecule has 1 aromatic rings. The topological polar surface area (TPSA) is 39.1 Å². The second-order valence-electron chi connectivity index (χ2n) is 4.50. The molecule has 0 saturated heterocycles. The fraction of sp³-hybridized carbons (Fsp3) is 0.750. The lowest BCUT2D eigenvalue weighted by atomic mass is 10.1. The van der Waals surface area contributed by atoms with Gasteiger partial charge < -0.3 is 10.1 Å². The van der Waals surface area contributed by atoms with Crippen molar-refractivity contribution in [2.75, 3.05) is 20.3 Å². The van der Waals surface area contributed by atoms with Crippen LogP contribution in [0.4, 0.5) is 13.2 Å². The lowest BCUT2D eigenvalue weighted by Gasteiger charge is -2.17. The van der Waals surface area contributed by atoms with Gasteiger partial charge in [0.25, 0.3) is 0 Å². The second-order valence-corrected chi connectivity index (χ2v) is 5.30. The van der Waals surface area contributed by atoms with Crippen molar-refractivity contribution in [3.8, 4) is 0 Å². The van der Waals surface area contributed by atoms with Crippen LogP contribution in [-0.2, 0) is 24.6 Å². The molecule has 0 spiro atoms. The van der Waals surface area contributed by atoms with Crippen LogP contribution in [0.3, 0.4) is 0 Å². The SMILES string of the molecule is CCc1nn(C)c(CC(COCC(F)(F)F)NC)c1Br. The van der Waals surface area contributed by atoms with E-state index in [4.69, 9.17) is 4.74 Å². The summed E-state index contributed by atoms with van der Waals surface area (Å²) in [6.07, 6.45) is -2.96. The van der Waals surface area contributed by atoms with E-state index in [9.17, 15) is 13.2 Å². The van der Waals surface area contributed by atoms with Gasteiger partial charge in [-0.15, -0.1) is 0 Å². The average molecular weight is 358 g/mol. The van der Waals surface area contributed by atoms with Crippen LogP contribution >= 0.6 is 15.9 Å². The Hall–Kier alpha value is -0.600. The molecule has 0 amide bonds. The van der Waals surface area contributed by atoms with Crippen LogP contribution in [0.25, 0.3) is 0 Å². The molecule has 1 atom stereocenters. The highest BCUT2D eigenvalue weighted by Gasteiger charge is 2.28. The molecule has 1 rings (SSSR count). The summed E-state index contributed by atoms with van der Waals surface area (Å²) >= 11 is 3.49. The smallest absolute Gasteiger partial charge is 0.370 e. The second kappa shape index (κ2) is 7.42. The third kappa shape index (κ3) is 5.06. The number of alkyl halides is 3. The van der Waals surface area contributed by atoms with E-state index < -0.39 is 12.8 Å². The number of hydrogen-bond acceptors (Lipinski definition) is 3. The highest BCUT2D eigenvalue weighted by Crippen LogP contribution is 2.23. The Labute approximate surface area is 124 Å². The summed E-state index contributed by atoms with van der Waals surface area (Å²) in [5.41, 5.74) is 1.88. The Morgan fingerprint density at radius 1 is 1.45 bits per heavy atom. The third-order valence-corrected chi connectivity index (χ3v) is 3.85. The van der Waals surface area contributed by atoms with Gasteiger partial charge in [0, 0.05) is 19.5 Å². The predicted octanol–water partition coefficient (Wildman–Crippen LogP) is 2.45. The maximum Gasteiger partial charge on any atom is 0.411 e. The minimum absolute atomic E-state index is 0.00487. The Balaban J connectivity index is 2.62. The molecule has 0 radical (unpaired) electrons. The third-order valence-electron chi connectivity index (χ3n) is 2.94. The Morgan fingerprint density at radius 3 is 2.55 bits per heavy atom. The van der Waals surface area contributed by atoms with Crippen LogP contribution < -0.4 is 5.32 Å². The van der Waals surface area contributed by atoms with Crippen molar-refractivity contribution in [3.05, 3.63) is 15.9 Å². The number of halogens is 4. The molecular formula is C12H19BrF3N3O. The van der Waals surface area contributed by atoms with Crippen molar-refractivity contribution < 1.29 is 17.9 Å². The van der Waals surface area contributed by atoms with Gasteiger partial charge in [0.2, 0.25) is 0 Å². The van der Waals surface area contributed by atoms with E-state index in [0.29, 0.717) is 6.42 Å². The molecule has 0 saturated carbocycles. The van der Waals surface area contributed by atoms with Gasteiger partial charge in [-0.05, 0) is 29.4 Å². The van der Waals surface area contributed by atoms with Crippen molar-refractivity contribution in [2.45, 2.75) is 32.0 Å². The maximum atomic E-state index is 12.0. The lowest BCUT2D eigenvalue weighted by molar-refractivity contribution is -0.175. The summed E-state index contributed by atoms with van der Waals surface area (Å²) in [6, 6.07) is -0.200. The molecule has 4 nitrogen and oxygen atoms in total. The van der Waals surface area contributed by atoms with E-state index in [1.807, 2.05) is 14.0 Å². The van der Waals surface area contributed by atoms with E-state index in [0.717, 1.165) is 22.3 Å². The zero-order valence-corrected chi connectivity index (χ0v) is 13.3. The monoisotopic (exact) mass is 357 g/mol. The average Bonchev–Trinajstić information content (AvgIpc) is 2.63. The molecule has 116 valence electrons. The standard InChI is InChI=1S/C12H19BrF3N3O/c1-4-9-11(13)10(19(3)18-9)5-8(17-2)6-20-7-12(14,15)16/h8,17H,4-7H2,1-3H3. The molecule has 0 aliphatic carbocycles. The summed E-state index contributed by atoms with van der Waals surface area (Å²) in [6.45, 7) is 0.770. The number of hydrogen-bond donors (Lipinski definition) is 1.